The summed E-state index contributed by atoms with van der Waals surface area (Å²) in [7, 11) is 0. The predicted molar refractivity (Wildman–Crippen MR) is 79.6 cm³/mol. The van der Waals surface area contributed by atoms with Crippen LogP contribution in [0, 0.1) is 10.1 Å². The zero-order valence-corrected chi connectivity index (χ0v) is 12.1. The molecule has 0 fully saturated rings. The first-order chi connectivity index (χ1) is 10.0. The molecule has 5 nitrogen and oxygen atoms in total. The Labute approximate surface area is 123 Å². The summed E-state index contributed by atoms with van der Waals surface area (Å²) >= 11 is 0. The number of nitro groups is 1. The number of nitrogens with zero attached hydrogens (tertiary/aromatic N) is 1. The van der Waals surface area contributed by atoms with Crippen molar-refractivity contribution in [1.29, 1.82) is 0 Å². The second-order valence-corrected chi connectivity index (χ2v) is 4.91. The van der Waals surface area contributed by atoms with Crippen LogP contribution in [0.1, 0.15) is 32.3 Å². The fourth-order valence-electron chi connectivity index (χ4n) is 2.31. The summed E-state index contributed by atoms with van der Waals surface area (Å²) in [6, 6.07) is 6.23. The fourth-order valence-corrected chi connectivity index (χ4v) is 2.31. The molecule has 1 aliphatic carbocycles. The van der Waals surface area contributed by atoms with Gasteiger partial charge in [-0.3, -0.25) is 10.1 Å². The van der Waals surface area contributed by atoms with E-state index in [2.05, 4.69) is 0 Å². The molecule has 0 radical (unpaired) electrons. The average molecular weight is 287 g/mol. The molecule has 1 aliphatic rings. The smallest absolute Gasteiger partial charge is 0.334 e. The van der Waals surface area contributed by atoms with Crippen molar-refractivity contribution in [3.05, 3.63) is 57.2 Å². The van der Waals surface area contributed by atoms with Gasteiger partial charge in [-0.1, -0.05) is 11.6 Å². The van der Waals surface area contributed by atoms with Crippen molar-refractivity contribution in [2.24, 2.45) is 0 Å². The van der Waals surface area contributed by atoms with E-state index in [-0.39, 0.29) is 11.7 Å². The van der Waals surface area contributed by atoms with Crippen LogP contribution in [0.3, 0.4) is 0 Å². The van der Waals surface area contributed by atoms with E-state index in [1.54, 1.807) is 19.1 Å². The second-order valence-electron chi connectivity index (χ2n) is 4.91. The van der Waals surface area contributed by atoms with Crippen LogP contribution < -0.4 is 0 Å². The molecule has 0 unspecified atom stereocenters. The van der Waals surface area contributed by atoms with Gasteiger partial charge in [0.25, 0.3) is 5.69 Å². The number of carbonyl (C=O) groups excluding carboxylic acids is 1. The van der Waals surface area contributed by atoms with Crippen molar-refractivity contribution < 1.29 is 14.5 Å². The zero-order chi connectivity index (χ0) is 15.4. The predicted octanol–water partition coefficient (Wildman–Crippen LogP) is 3.65. The number of carbonyl (C=O) groups is 1. The number of rotatable bonds is 4. The monoisotopic (exact) mass is 287 g/mol. The van der Waals surface area contributed by atoms with E-state index in [0.29, 0.717) is 18.6 Å². The first-order valence-electron chi connectivity index (χ1n) is 6.85. The van der Waals surface area contributed by atoms with Gasteiger partial charge in [-0.15, -0.1) is 0 Å². The van der Waals surface area contributed by atoms with Gasteiger partial charge in [0.15, 0.2) is 0 Å². The Bertz CT molecular complexity index is 626. The van der Waals surface area contributed by atoms with Crippen LogP contribution in [-0.2, 0) is 9.53 Å². The minimum Gasteiger partial charge on any atom is -0.463 e. The molecule has 0 spiro atoms. The summed E-state index contributed by atoms with van der Waals surface area (Å²) in [6.07, 6.45) is 3.41. The van der Waals surface area contributed by atoms with E-state index >= 15 is 0 Å². The van der Waals surface area contributed by atoms with Gasteiger partial charge in [0.1, 0.15) is 0 Å². The third kappa shape index (κ3) is 3.37. The van der Waals surface area contributed by atoms with Gasteiger partial charge in [0.2, 0.25) is 0 Å². The first kappa shape index (κ1) is 15.0. The molecule has 0 saturated heterocycles. The average Bonchev–Trinajstić information content (AvgIpc) is 2.47. The van der Waals surface area contributed by atoms with E-state index < -0.39 is 4.92 Å². The fraction of sp³-hybridized carbons (Fsp3) is 0.312. The molecule has 0 heterocycles. The van der Waals surface area contributed by atoms with E-state index in [0.717, 1.165) is 17.6 Å². The molecule has 0 bridgehead atoms. The van der Waals surface area contributed by atoms with Crippen LogP contribution in [0.5, 0.6) is 0 Å². The van der Waals surface area contributed by atoms with Gasteiger partial charge in [-0.2, -0.15) is 0 Å². The summed E-state index contributed by atoms with van der Waals surface area (Å²) in [4.78, 5) is 22.3. The molecule has 1 aromatic rings. The topological polar surface area (TPSA) is 69.4 Å². The van der Waals surface area contributed by atoms with E-state index in [4.69, 9.17) is 4.74 Å². The second kappa shape index (κ2) is 6.35. The highest BCUT2D eigenvalue weighted by atomic mass is 16.6. The van der Waals surface area contributed by atoms with Gasteiger partial charge in [-0.25, -0.2) is 4.79 Å². The maximum absolute atomic E-state index is 12.0. The van der Waals surface area contributed by atoms with Crippen molar-refractivity contribution in [2.45, 2.75) is 26.7 Å². The van der Waals surface area contributed by atoms with Crippen LogP contribution >= 0.6 is 0 Å². The lowest BCUT2D eigenvalue weighted by atomic mass is 9.89. The summed E-state index contributed by atoms with van der Waals surface area (Å²) < 4.78 is 5.10. The molecular weight excluding hydrogens is 270 g/mol. The maximum atomic E-state index is 12.0. The Kier molecular flexibility index (Phi) is 4.52. The Morgan fingerprint density at radius 2 is 1.95 bits per heavy atom. The third-order valence-corrected chi connectivity index (χ3v) is 3.40. The molecule has 21 heavy (non-hydrogen) atoms. The molecule has 0 atom stereocenters. The highest BCUT2D eigenvalue weighted by Gasteiger charge is 2.20. The van der Waals surface area contributed by atoms with Crippen LogP contribution in [0.4, 0.5) is 5.69 Å². The molecule has 0 amide bonds. The Morgan fingerprint density at radius 3 is 2.52 bits per heavy atom. The number of benzene rings is 1. The van der Waals surface area contributed by atoms with E-state index in [9.17, 15) is 14.9 Å². The lowest BCUT2D eigenvalue weighted by Crippen LogP contribution is -2.12. The summed E-state index contributed by atoms with van der Waals surface area (Å²) in [5, 5.41) is 10.7. The number of ether oxygens (including phenoxy) is 1. The van der Waals surface area contributed by atoms with Crippen LogP contribution in [-0.4, -0.2) is 17.5 Å². The van der Waals surface area contributed by atoms with Crippen LogP contribution in [0.2, 0.25) is 0 Å². The van der Waals surface area contributed by atoms with Crippen LogP contribution in [0.15, 0.2) is 41.5 Å². The van der Waals surface area contributed by atoms with Gasteiger partial charge < -0.3 is 4.74 Å². The Morgan fingerprint density at radius 1 is 1.29 bits per heavy atom. The number of esters is 1. The van der Waals surface area contributed by atoms with Crippen molar-refractivity contribution >= 4 is 17.2 Å². The lowest BCUT2D eigenvalue weighted by molar-refractivity contribution is -0.384. The summed E-state index contributed by atoms with van der Waals surface area (Å²) in [5.74, 6) is -0.311. The largest absolute Gasteiger partial charge is 0.463 e. The SMILES string of the molecule is CCOC(=O)C1=C(c2ccc([N+](=O)[O-])cc2)C=C(C)CC1. The normalized spacial score (nSPS) is 14.7. The standard InChI is InChI=1S/C16H17NO4/c1-3-21-16(18)14-9-4-11(2)10-15(14)12-5-7-13(8-6-12)17(19)20/h5-8,10H,3-4,9H2,1-2H3. The quantitative estimate of drug-likeness (QED) is 0.481. The third-order valence-electron chi connectivity index (χ3n) is 3.40. The summed E-state index contributed by atoms with van der Waals surface area (Å²) in [5.41, 5.74) is 3.44. The highest BCUT2D eigenvalue weighted by Crippen LogP contribution is 2.32. The molecule has 5 heteroatoms. The number of nitro benzene ring substituents is 1. The lowest BCUT2D eigenvalue weighted by Gasteiger charge is -2.18. The molecule has 1 aromatic carbocycles. The number of hydrogen-bond donors (Lipinski definition) is 0. The first-order valence-corrected chi connectivity index (χ1v) is 6.85. The molecule has 0 aromatic heterocycles. The van der Waals surface area contributed by atoms with Gasteiger partial charge >= 0.3 is 5.97 Å². The molecule has 110 valence electrons. The van der Waals surface area contributed by atoms with Gasteiger partial charge in [0, 0.05) is 17.7 Å². The molecule has 2 rings (SSSR count). The molecular formula is C16H17NO4. The van der Waals surface area contributed by atoms with Crippen molar-refractivity contribution in [3.63, 3.8) is 0 Å². The van der Waals surface area contributed by atoms with Crippen LogP contribution in [0.25, 0.3) is 5.57 Å². The van der Waals surface area contributed by atoms with Gasteiger partial charge in [-0.05, 0) is 50.0 Å². The van der Waals surface area contributed by atoms with Crippen molar-refractivity contribution in [3.8, 4) is 0 Å². The molecule has 0 saturated carbocycles. The van der Waals surface area contributed by atoms with Crippen molar-refractivity contribution in [2.75, 3.05) is 6.61 Å². The number of non-ortho nitro benzene ring substituents is 1. The minimum atomic E-state index is -0.438. The minimum absolute atomic E-state index is 0.0357. The van der Waals surface area contributed by atoms with E-state index in [1.807, 2.05) is 13.0 Å². The summed E-state index contributed by atoms with van der Waals surface area (Å²) in [6.45, 7) is 4.11. The number of allylic oxidation sites excluding steroid dienone is 3. The van der Waals surface area contributed by atoms with Gasteiger partial charge in [0.05, 0.1) is 11.5 Å². The highest BCUT2D eigenvalue weighted by molar-refractivity contribution is 6.01. The zero-order valence-electron chi connectivity index (χ0n) is 12.1. The number of hydrogen-bond acceptors (Lipinski definition) is 4. The van der Waals surface area contributed by atoms with E-state index in [1.165, 1.54) is 17.7 Å². The molecule has 0 aliphatic heterocycles. The Hall–Kier alpha value is -2.43. The van der Waals surface area contributed by atoms with Crippen molar-refractivity contribution in [1.82, 2.24) is 0 Å². The Balaban J connectivity index is 2.44. The molecule has 0 N–H and O–H groups in total. The maximum Gasteiger partial charge on any atom is 0.334 e.